The summed E-state index contributed by atoms with van der Waals surface area (Å²) >= 11 is 0. The molecule has 0 unspecified atom stereocenters. The zero-order valence-corrected chi connectivity index (χ0v) is 10.6. The van der Waals surface area contributed by atoms with E-state index in [0.717, 1.165) is 16.3 Å². The number of nitrogens with zero attached hydrogens (tertiary/aromatic N) is 4. The minimum Gasteiger partial charge on any atom is -0.333 e. The van der Waals surface area contributed by atoms with Gasteiger partial charge in [-0.15, -0.1) is 0 Å². The summed E-state index contributed by atoms with van der Waals surface area (Å²) in [4.78, 5) is 4.02. The molecule has 0 aliphatic rings. The van der Waals surface area contributed by atoms with Crippen molar-refractivity contribution in [1.82, 2.24) is 9.55 Å². The van der Waals surface area contributed by atoms with Crippen LogP contribution in [-0.2, 0) is 6.54 Å². The highest BCUT2D eigenvalue weighted by Gasteiger charge is 2.08. The van der Waals surface area contributed by atoms with E-state index >= 15 is 0 Å². The molecule has 3 aromatic rings. The molecule has 3 rings (SSSR count). The van der Waals surface area contributed by atoms with E-state index in [9.17, 15) is 5.26 Å². The van der Waals surface area contributed by atoms with Crippen LogP contribution < -0.4 is 0 Å². The zero-order valence-electron chi connectivity index (χ0n) is 10.6. The van der Waals surface area contributed by atoms with Crippen molar-refractivity contribution in [3.63, 3.8) is 0 Å². The molecule has 1 aromatic heterocycles. The molecule has 4 heteroatoms. The highest BCUT2D eigenvalue weighted by atomic mass is 15.0. The van der Waals surface area contributed by atoms with Gasteiger partial charge in [0.15, 0.2) is 0 Å². The van der Waals surface area contributed by atoms with Crippen molar-refractivity contribution in [1.29, 1.82) is 10.5 Å². The lowest BCUT2D eigenvalue weighted by molar-refractivity contribution is 0.801. The van der Waals surface area contributed by atoms with Crippen molar-refractivity contribution in [3.8, 4) is 12.1 Å². The minimum absolute atomic E-state index is 0.589. The van der Waals surface area contributed by atoms with Crippen LogP contribution in [0.3, 0.4) is 0 Å². The van der Waals surface area contributed by atoms with Crippen molar-refractivity contribution < 1.29 is 0 Å². The van der Waals surface area contributed by atoms with E-state index in [1.807, 2.05) is 29.0 Å². The van der Waals surface area contributed by atoms with Gasteiger partial charge in [0.1, 0.15) is 0 Å². The number of imidazole rings is 1. The fraction of sp³-hybridized carbons (Fsp3) is 0.0625. The summed E-state index contributed by atoms with van der Waals surface area (Å²) < 4.78 is 1.92. The topological polar surface area (TPSA) is 65.4 Å². The van der Waals surface area contributed by atoms with Gasteiger partial charge in [-0.2, -0.15) is 10.5 Å². The molecule has 0 N–H and O–H groups in total. The van der Waals surface area contributed by atoms with E-state index in [4.69, 9.17) is 5.26 Å². The number of hydrogen-bond donors (Lipinski definition) is 0. The van der Waals surface area contributed by atoms with Gasteiger partial charge in [0.05, 0.1) is 36.1 Å². The maximum Gasteiger partial charge on any atom is 0.0995 e. The second-order valence-electron chi connectivity index (χ2n) is 4.49. The summed E-state index contributed by atoms with van der Waals surface area (Å²) in [6.07, 6.45) is 5.30. The molecular weight excluding hydrogens is 248 g/mol. The van der Waals surface area contributed by atoms with E-state index in [-0.39, 0.29) is 0 Å². The van der Waals surface area contributed by atoms with Gasteiger partial charge < -0.3 is 4.57 Å². The average molecular weight is 258 g/mol. The van der Waals surface area contributed by atoms with Crippen LogP contribution in [0.25, 0.3) is 10.8 Å². The summed E-state index contributed by atoms with van der Waals surface area (Å²) in [5.74, 6) is 0. The monoisotopic (exact) mass is 258 g/mol. The average Bonchev–Trinajstić information content (AvgIpc) is 3.00. The van der Waals surface area contributed by atoms with Crippen LogP contribution in [0.5, 0.6) is 0 Å². The first kappa shape index (κ1) is 12.0. The first-order valence-electron chi connectivity index (χ1n) is 6.13. The smallest absolute Gasteiger partial charge is 0.0995 e. The van der Waals surface area contributed by atoms with Crippen LogP contribution in [-0.4, -0.2) is 9.55 Å². The van der Waals surface area contributed by atoms with Gasteiger partial charge >= 0.3 is 0 Å². The van der Waals surface area contributed by atoms with Gasteiger partial charge in [0.2, 0.25) is 0 Å². The molecule has 0 fully saturated rings. The molecule has 1 heterocycles. The van der Waals surface area contributed by atoms with Gasteiger partial charge in [-0.05, 0) is 34.5 Å². The van der Waals surface area contributed by atoms with E-state index in [2.05, 4.69) is 17.1 Å². The molecule has 0 aliphatic carbocycles. The van der Waals surface area contributed by atoms with Gasteiger partial charge in [-0.1, -0.05) is 12.1 Å². The molecule has 0 amide bonds. The Hall–Kier alpha value is -3.11. The number of rotatable bonds is 2. The normalized spacial score (nSPS) is 10.1. The third kappa shape index (κ3) is 2.00. The zero-order chi connectivity index (χ0) is 13.9. The molecule has 0 atom stereocenters. The largest absolute Gasteiger partial charge is 0.333 e. The molecule has 0 saturated carbocycles. The Morgan fingerprint density at radius 1 is 1.10 bits per heavy atom. The van der Waals surface area contributed by atoms with Crippen molar-refractivity contribution in [2.45, 2.75) is 6.54 Å². The van der Waals surface area contributed by atoms with Crippen LogP contribution in [0, 0.1) is 22.7 Å². The Bertz CT molecular complexity index is 849. The SMILES string of the molecule is N#Cc1ccc2c(Cn3ccnc3)c(C#N)ccc2c1. The van der Waals surface area contributed by atoms with Crippen molar-refractivity contribution in [2.75, 3.05) is 0 Å². The number of fused-ring (bicyclic) bond motifs is 1. The van der Waals surface area contributed by atoms with Gasteiger partial charge in [0.25, 0.3) is 0 Å². The van der Waals surface area contributed by atoms with Crippen LogP contribution in [0.2, 0.25) is 0 Å². The first-order valence-corrected chi connectivity index (χ1v) is 6.13. The predicted molar refractivity (Wildman–Crippen MR) is 74.7 cm³/mol. The van der Waals surface area contributed by atoms with Gasteiger partial charge in [-0.25, -0.2) is 4.98 Å². The molecule has 94 valence electrons. The third-order valence-corrected chi connectivity index (χ3v) is 3.28. The van der Waals surface area contributed by atoms with Crippen molar-refractivity contribution in [3.05, 3.63) is 65.7 Å². The third-order valence-electron chi connectivity index (χ3n) is 3.28. The second-order valence-corrected chi connectivity index (χ2v) is 4.49. The number of nitriles is 2. The molecule has 0 bridgehead atoms. The maximum atomic E-state index is 9.28. The van der Waals surface area contributed by atoms with Crippen LogP contribution in [0.1, 0.15) is 16.7 Å². The Balaban J connectivity index is 2.22. The lowest BCUT2D eigenvalue weighted by Gasteiger charge is -2.10. The second kappa shape index (κ2) is 4.87. The summed E-state index contributed by atoms with van der Waals surface area (Å²) in [6.45, 7) is 0.589. The lowest BCUT2D eigenvalue weighted by Crippen LogP contribution is -2.00. The van der Waals surface area contributed by atoms with Gasteiger partial charge in [-0.3, -0.25) is 0 Å². The summed E-state index contributed by atoms with van der Waals surface area (Å²) in [5, 5.41) is 20.2. The Morgan fingerprint density at radius 3 is 2.70 bits per heavy atom. The fourth-order valence-corrected chi connectivity index (χ4v) is 2.30. The van der Waals surface area contributed by atoms with E-state index in [1.165, 1.54) is 0 Å². The molecule has 0 saturated heterocycles. The molecular formula is C16H10N4. The quantitative estimate of drug-likeness (QED) is 0.709. The number of hydrogen-bond acceptors (Lipinski definition) is 3. The molecule has 0 aliphatic heterocycles. The van der Waals surface area contributed by atoms with Crippen LogP contribution in [0.4, 0.5) is 0 Å². The highest BCUT2D eigenvalue weighted by molar-refractivity contribution is 5.88. The van der Waals surface area contributed by atoms with Crippen LogP contribution in [0.15, 0.2) is 49.1 Å². The fourth-order valence-electron chi connectivity index (χ4n) is 2.30. The molecule has 4 nitrogen and oxygen atoms in total. The summed E-state index contributed by atoms with van der Waals surface area (Å²) in [7, 11) is 0. The Kier molecular flexibility index (Phi) is 2.91. The molecule has 0 radical (unpaired) electrons. The molecule has 2 aromatic carbocycles. The Labute approximate surface area is 116 Å². The molecule has 20 heavy (non-hydrogen) atoms. The summed E-state index contributed by atoms with van der Waals surface area (Å²) in [5.41, 5.74) is 2.22. The Morgan fingerprint density at radius 2 is 2.00 bits per heavy atom. The van der Waals surface area contributed by atoms with Crippen molar-refractivity contribution >= 4 is 10.8 Å². The standard InChI is InChI=1S/C16H10N4/c17-8-12-1-4-15-13(7-12)2-3-14(9-18)16(15)10-20-6-5-19-11-20/h1-7,11H,10H2. The van der Waals surface area contributed by atoms with Crippen molar-refractivity contribution in [2.24, 2.45) is 0 Å². The number of benzene rings is 2. The lowest BCUT2D eigenvalue weighted by atomic mass is 9.98. The highest BCUT2D eigenvalue weighted by Crippen LogP contribution is 2.24. The number of aromatic nitrogens is 2. The molecule has 0 spiro atoms. The van der Waals surface area contributed by atoms with E-state index in [1.54, 1.807) is 24.7 Å². The predicted octanol–water partition coefficient (Wildman–Crippen LogP) is 2.83. The van der Waals surface area contributed by atoms with Gasteiger partial charge in [0, 0.05) is 12.4 Å². The van der Waals surface area contributed by atoms with E-state index in [0.29, 0.717) is 17.7 Å². The summed E-state index contributed by atoms with van der Waals surface area (Å²) in [6, 6.07) is 13.6. The van der Waals surface area contributed by atoms with Crippen LogP contribution >= 0.6 is 0 Å². The minimum atomic E-state index is 0.589. The first-order chi connectivity index (χ1) is 9.81. The van der Waals surface area contributed by atoms with E-state index < -0.39 is 0 Å². The maximum absolute atomic E-state index is 9.28.